The van der Waals surface area contributed by atoms with Gasteiger partial charge in [0.15, 0.2) is 0 Å². The van der Waals surface area contributed by atoms with Gasteiger partial charge in [0.25, 0.3) is 5.91 Å². The molecule has 2 rings (SSSR count). The van der Waals surface area contributed by atoms with Gasteiger partial charge in [-0.1, -0.05) is 11.6 Å². The van der Waals surface area contributed by atoms with Crippen LogP contribution in [0.25, 0.3) is 0 Å². The first kappa shape index (κ1) is 15.0. The largest absolute Gasteiger partial charge is 0.434 e. The van der Waals surface area contributed by atoms with Crippen molar-refractivity contribution >= 4 is 17.5 Å². The molecule has 1 aromatic carbocycles. The summed E-state index contributed by atoms with van der Waals surface area (Å²) in [6.07, 6.45) is 1.81. The maximum Gasteiger partial charge on any atom is 0.387 e. The van der Waals surface area contributed by atoms with E-state index in [9.17, 15) is 13.6 Å². The van der Waals surface area contributed by atoms with Crippen LogP contribution in [0.1, 0.15) is 23.2 Å². The van der Waals surface area contributed by atoms with Gasteiger partial charge in [-0.2, -0.15) is 8.78 Å². The molecule has 1 aliphatic rings. The van der Waals surface area contributed by atoms with E-state index in [2.05, 4.69) is 15.4 Å². The average Bonchev–Trinajstić information content (AvgIpc) is 2.41. The Morgan fingerprint density at radius 3 is 2.95 bits per heavy atom. The fraction of sp³-hybridized carbons (Fsp3) is 0.462. The Morgan fingerprint density at radius 1 is 1.50 bits per heavy atom. The topological polar surface area (TPSA) is 50.4 Å². The SMILES string of the molecule is O=C(N[C@H]1CCCNC1)c1cc(Cl)ccc1OC(F)F. The van der Waals surface area contributed by atoms with Crippen molar-refractivity contribution in [3.8, 4) is 5.75 Å². The van der Waals surface area contributed by atoms with Gasteiger partial charge in [0.2, 0.25) is 0 Å². The number of benzene rings is 1. The Hall–Kier alpha value is -1.40. The number of carbonyl (C=O) groups excluding carboxylic acids is 1. The molecule has 1 aliphatic heterocycles. The number of hydrogen-bond acceptors (Lipinski definition) is 3. The Kier molecular flexibility index (Phi) is 5.14. The monoisotopic (exact) mass is 304 g/mol. The molecule has 0 aromatic heterocycles. The first-order valence-electron chi connectivity index (χ1n) is 6.32. The molecule has 1 amide bonds. The van der Waals surface area contributed by atoms with E-state index < -0.39 is 12.5 Å². The first-order valence-corrected chi connectivity index (χ1v) is 6.70. The predicted octanol–water partition coefficient (Wildman–Crippen LogP) is 2.42. The van der Waals surface area contributed by atoms with Gasteiger partial charge in [-0.3, -0.25) is 4.79 Å². The van der Waals surface area contributed by atoms with Gasteiger partial charge in [0, 0.05) is 17.6 Å². The van der Waals surface area contributed by atoms with Gasteiger partial charge in [-0.05, 0) is 37.6 Å². The van der Waals surface area contributed by atoms with Crippen LogP contribution in [0.15, 0.2) is 18.2 Å². The molecule has 0 aliphatic carbocycles. The highest BCUT2D eigenvalue weighted by molar-refractivity contribution is 6.31. The van der Waals surface area contributed by atoms with E-state index in [0.29, 0.717) is 11.6 Å². The quantitative estimate of drug-likeness (QED) is 0.898. The normalized spacial score (nSPS) is 18.9. The highest BCUT2D eigenvalue weighted by atomic mass is 35.5. The minimum Gasteiger partial charge on any atom is -0.434 e. The van der Waals surface area contributed by atoms with Crippen molar-refractivity contribution in [2.24, 2.45) is 0 Å². The molecule has 2 N–H and O–H groups in total. The third-order valence-corrected chi connectivity index (χ3v) is 3.27. The summed E-state index contributed by atoms with van der Waals surface area (Å²) < 4.78 is 29.0. The summed E-state index contributed by atoms with van der Waals surface area (Å²) in [7, 11) is 0. The zero-order valence-corrected chi connectivity index (χ0v) is 11.4. The minimum atomic E-state index is -2.99. The van der Waals surface area contributed by atoms with E-state index in [0.717, 1.165) is 19.4 Å². The molecule has 0 spiro atoms. The van der Waals surface area contributed by atoms with Crippen molar-refractivity contribution in [2.45, 2.75) is 25.5 Å². The van der Waals surface area contributed by atoms with E-state index in [1.165, 1.54) is 18.2 Å². The number of nitrogens with one attached hydrogen (secondary N) is 2. The standard InChI is InChI=1S/C13H15ClF2N2O2/c14-8-3-4-11(20-13(15)16)10(6-8)12(19)18-9-2-1-5-17-7-9/h3-4,6,9,13,17H,1-2,5,7H2,(H,18,19)/t9-/m0/s1. The Morgan fingerprint density at radius 2 is 2.30 bits per heavy atom. The second kappa shape index (κ2) is 6.85. The van der Waals surface area contributed by atoms with Crippen molar-refractivity contribution in [1.82, 2.24) is 10.6 Å². The highest BCUT2D eigenvalue weighted by Gasteiger charge is 2.20. The molecule has 1 aromatic rings. The van der Waals surface area contributed by atoms with E-state index in [-0.39, 0.29) is 17.4 Å². The number of ether oxygens (including phenoxy) is 1. The molecule has 0 bridgehead atoms. The fourth-order valence-corrected chi connectivity index (χ4v) is 2.29. The molecule has 0 saturated carbocycles. The summed E-state index contributed by atoms with van der Waals surface area (Å²) >= 11 is 5.80. The number of piperidine rings is 1. The molecule has 1 fully saturated rings. The van der Waals surface area contributed by atoms with Gasteiger partial charge in [0.1, 0.15) is 5.75 Å². The zero-order chi connectivity index (χ0) is 14.5. The lowest BCUT2D eigenvalue weighted by molar-refractivity contribution is -0.0501. The molecule has 7 heteroatoms. The molecule has 110 valence electrons. The van der Waals surface area contributed by atoms with E-state index in [4.69, 9.17) is 11.6 Å². The molecular formula is C13H15ClF2N2O2. The van der Waals surface area contributed by atoms with E-state index in [1.54, 1.807) is 0 Å². The Labute approximate surface area is 120 Å². The van der Waals surface area contributed by atoms with Crippen LogP contribution in [0.4, 0.5) is 8.78 Å². The molecule has 0 radical (unpaired) electrons. The van der Waals surface area contributed by atoms with Gasteiger partial charge in [-0.25, -0.2) is 0 Å². The van der Waals surface area contributed by atoms with Crippen LogP contribution >= 0.6 is 11.6 Å². The van der Waals surface area contributed by atoms with Gasteiger partial charge in [-0.15, -0.1) is 0 Å². The molecule has 1 saturated heterocycles. The summed E-state index contributed by atoms with van der Waals surface area (Å²) in [6, 6.07) is 3.97. The van der Waals surface area contributed by atoms with Crippen molar-refractivity contribution in [2.75, 3.05) is 13.1 Å². The lowest BCUT2D eigenvalue weighted by atomic mass is 10.1. The Balaban J connectivity index is 2.12. The minimum absolute atomic E-state index is 0.0170. The number of amides is 1. The Bertz CT molecular complexity index is 479. The van der Waals surface area contributed by atoms with Gasteiger partial charge >= 0.3 is 6.61 Å². The lowest BCUT2D eigenvalue weighted by Crippen LogP contribution is -2.45. The van der Waals surface area contributed by atoms with Crippen LogP contribution in [0, 0.1) is 0 Å². The summed E-state index contributed by atoms with van der Waals surface area (Å²) in [6.45, 7) is -1.40. The number of carbonyl (C=O) groups is 1. The summed E-state index contributed by atoms with van der Waals surface area (Å²) in [4.78, 5) is 12.1. The molecule has 1 heterocycles. The number of halogens is 3. The van der Waals surface area contributed by atoms with Crippen molar-refractivity contribution in [3.05, 3.63) is 28.8 Å². The maximum absolute atomic E-state index is 12.3. The van der Waals surface area contributed by atoms with E-state index in [1.807, 2.05) is 0 Å². The van der Waals surface area contributed by atoms with Gasteiger partial charge in [0.05, 0.1) is 5.56 Å². The van der Waals surface area contributed by atoms with Crippen LogP contribution in [0.2, 0.25) is 5.02 Å². The van der Waals surface area contributed by atoms with Crippen LogP contribution < -0.4 is 15.4 Å². The van der Waals surface area contributed by atoms with Crippen LogP contribution in [-0.4, -0.2) is 31.7 Å². The third-order valence-electron chi connectivity index (χ3n) is 3.03. The molecule has 4 nitrogen and oxygen atoms in total. The number of hydrogen-bond donors (Lipinski definition) is 2. The molecule has 20 heavy (non-hydrogen) atoms. The number of alkyl halides is 2. The second-order valence-corrected chi connectivity index (χ2v) is 4.97. The lowest BCUT2D eigenvalue weighted by Gasteiger charge is -2.24. The number of rotatable bonds is 4. The van der Waals surface area contributed by atoms with Crippen molar-refractivity contribution in [3.63, 3.8) is 0 Å². The van der Waals surface area contributed by atoms with Crippen molar-refractivity contribution < 1.29 is 18.3 Å². The van der Waals surface area contributed by atoms with Crippen molar-refractivity contribution in [1.29, 1.82) is 0 Å². The second-order valence-electron chi connectivity index (χ2n) is 4.54. The predicted molar refractivity (Wildman–Crippen MR) is 71.4 cm³/mol. The zero-order valence-electron chi connectivity index (χ0n) is 10.7. The third kappa shape index (κ3) is 4.05. The van der Waals surface area contributed by atoms with Crippen LogP contribution in [-0.2, 0) is 0 Å². The molecule has 0 unspecified atom stereocenters. The smallest absolute Gasteiger partial charge is 0.387 e. The average molecular weight is 305 g/mol. The summed E-state index contributed by atoms with van der Waals surface area (Å²) in [5, 5.41) is 6.24. The summed E-state index contributed by atoms with van der Waals surface area (Å²) in [5.74, 6) is -0.637. The molecular weight excluding hydrogens is 290 g/mol. The highest BCUT2D eigenvalue weighted by Crippen LogP contribution is 2.24. The van der Waals surface area contributed by atoms with E-state index >= 15 is 0 Å². The molecule has 1 atom stereocenters. The van der Waals surface area contributed by atoms with Gasteiger partial charge < -0.3 is 15.4 Å². The fourth-order valence-electron chi connectivity index (χ4n) is 2.12. The summed E-state index contributed by atoms with van der Waals surface area (Å²) in [5.41, 5.74) is 0.0170. The first-order chi connectivity index (χ1) is 9.56. The van der Waals surface area contributed by atoms with Crippen LogP contribution in [0.3, 0.4) is 0 Å². The maximum atomic E-state index is 12.3. The van der Waals surface area contributed by atoms with Crippen LogP contribution in [0.5, 0.6) is 5.75 Å².